The van der Waals surface area contributed by atoms with Crippen molar-refractivity contribution in [2.45, 2.75) is 154 Å². The Morgan fingerprint density at radius 2 is 1.24 bits per heavy atom. The molecule has 17 N–H and O–H groups in total. The summed E-state index contributed by atoms with van der Waals surface area (Å²) >= 11 is 0. The molecular formula is C53H81N13O14. The smallest absolute Gasteiger partial charge is 0.408 e. The van der Waals surface area contributed by atoms with Gasteiger partial charge in [-0.1, -0.05) is 109 Å². The van der Waals surface area contributed by atoms with E-state index in [-0.39, 0.29) is 49.9 Å². The molecule has 0 radical (unpaired) electrons. The minimum absolute atomic E-state index is 0.0671. The third kappa shape index (κ3) is 21.4. The second kappa shape index (κ2) is 32.9. The highest BCUT2D eigenvalue weighted by Crippen LogP contribution is 2.20. The summed E-state index contributed by atoms with van der Waals surface area (Å²) < 4.78 is 5.47. The molecule has 2 aromatic rings. The summed E-state index contributed by atoms with van der Waals surface area (Å²) in [5.74, 6) is -11.2. The van der Waals surface area contributed by atoms with Crippen molar-refractivity contribution in [3.63, 3.8) is 0 Å². The van der Waals surface area contributed by atoms with Gasteiger partial charge in [-0.15, -0.1) is 0 Å². The second-order valence-corrected chi connectivity index (χ2v) is 20.4. The number of aliphatic hydroxyl groups excluding tert-OH is 3. The second-order valence-electron chi connectivity index (χ2n) is 20.4. The topological polar surface area (TPSA) is 423 Å². The number of carbonyl (C=O) groups excluding carboxylic acids is 10. The summed E-state index contributed by atoms with van der Waals surface area (Å²) in [7, 11) is 0. The van der Waals surface area contributed by atoms with Crippen LogP contribution >= 0.6 is 0 Å². The maximum absolute atomic E-state index is 14.9. The molecule has 1 fully saturated rings. The van der Waals surface area contributed by atoms with Crippen LogP contribution in [0.25, 0.3) is 0 Å². The van der Waals surface area contributed by atoms with E-state index in [4.69, 9.17) is 15.9 Å². The van der Waals surface area contributed by atoms with Gasteiger partial charge in [0.25, 0.3) is 0 Å². The van der Waals surface area contributed by atoms with E-state index in [0.29, 0.717) is 12.0 Å². The number of amides is 10. The Balaban J connectivity index is 2.26. The van der Waals surface area contributed by atoms with E-state index in [0.717, 1.165) is 0 Å². The molecule has 3 rings (SSSR count). The van der Waals surface area contributed by atoms with Crippen molar-refractivity contribution in [2.75, 3.05) is 19.7 Å². The fourth-order valence-corrected chi connectivity index (χ4v) is 8.16. The molecule has 2 aromatic carbocycles. The van der Waals surface area contributed by atoms with Crippen molar-refractivity contribution < 1.29 is 68.0 Å². The maximum Gasteiger partial charge on any atom is 0.408 e. The molecule has 1 unspecified atom stereocenters. The van der Waals surface area contributed by atoms with Crippen LogP contribution in [0.2, 0.25) is 0 Å². The minimum atomic E-state index is -1.92. The first-order chi connectivity index (χ1) is 37.8. The molecule has 1 aliphatic rings. The predicted octanol–water partition coefficient (Wildman–Crippen LogP) is -2.57. The van der Waals surface area contributed by atoms with E-state index in [2.05, 4.69) is 58.5 Å². The number of aliphatic hydroxyl groups is 3. The first-order valence-corrected chi connectivity index (χ1v) is 26.5. The molecule has 1 aliphatic heterocycles. The lowest BCUT2D eigenvalue weighted by Gasteiger charge is -2.33. The third-order valence-corrected chi connectivity index (χ3v) is 13.0. The molecule has 1 saturated heterocycles. The van der Waals surface area contributed by atoms with Crippen LogP contribution in [-0.4, -0.2) is 161 Å². The summed E-state index contributed by atoms with van der Waals surface area (Å²) in [5, 5.41) is 67.8. The molecule has 12 atom stereocenters. The summed E-state index contributed by atoms with van der Waals surface area (Å²) in [5.41, 5.74) is 6.20. The Morgan fingerprint density at radius 3 is 1.81 bits per heavy atom. The first kappa shape index (κ1) is 66.4. The summed E-state index contributed by atoms with van der Waals surface area (Å²) in [6.07, 6.45) is -4.22. The molecule has 0 bridgehead atoms. The number of hydrogen-bond donors (Lipinski definition) is 16. The van der Waals surface area contributed by atoms with Gasteiger partial charge in [0, 0.05) is 6.54 Å². The standard InChI is InChI=1S/C53H81N13O14/c1-9-29(6)38-49(76)63-39(31(8)68)48(75)57-24-37(69)58-30(7)44(71)61-36(25-67)47(74)64-40(33-19-14-11-15-20-33)41(66-53(79)80-26-32-17-12-10-13-18-32)50(77)65-42(43(70)28(4)5)51(78)60-35(23-27(2)3)46(73)59-34(45(72)62-38)21-16-22-56-52(54)55/h10-15,17-20,27-31,34-36,38-43,67-68,70H,9,16,21-26H2,1-8H3,(H,57,75)(H,58,69)(H,59,73)(H,60,78)(H,61,71)(H,62,72)(H,63,76)(H,64,74)(H,65,77)(H,66,79)(H4,54,55,56)/t29-,30?,31-,34+,35-,36-,38-,39-,40+,41-,42-,43+/m0/s1. The Morgan fingerprint density at radius 1 is 0.688 bits per heavy atom. The highest BCUT2D eigenvalue weighted by Gasteiger charge is 2.41. The SMILES string of the molecule is CC[C@H](C)[C@@H]1NC(=O)[C@@H](CCCNC(=N)N)NC(=O)[C@H](CC(C)C)NC(=O)[C@H]([C@H](O)C(C)C)NC(=O)[C@@H](NC(=O)OCc2ccccc2)[C@@H](c2ccccc2)NC(=O)[C@H](CO)NC(=O)C(C)NC(=O)CNC(=O)[C@H]([C@H](C)O)NC1=O. The maximum atomic E-state index is 14.9. The first-order valence-electron chi connectivity index (χ1n) is 26.5. The number of guanidine groups is 1. The number of nitrogens with one attached hydrogen (secondary N) is 12. The van der Waals surface area contributed by atoms with Crippen LogP contribution in [0.4, 0.5) is 4.79 Å². The molecule has 10 amide bonds. The average molecular weight is 1120 g/mol. The van der Waals surface area contributed by atoms with Crippen LogP contribution in [0.5, 0.6) is 0 Å². The van der Waals surface area contributed by atoms with E-state index in [1.807, 2.05) is 0 Å². The van der Waals surface area contributed by atoms with E-state index in [1.165, 1.54) is 39.8 Å². The van der Waals surface area contributed by atoms with Crippen LogP contribution in [0.3, 0.4) is 0 Å². The van der Waals surface area contributed by atoms with Gasteiger partial charge in [-0.3, -0.25) is 48.6 Å². The Hall–Kier alpha value is -7.91. The van der Waals surface area contributed by atoms with Crippen molar-refractivity contribution in [2.24, 2.45) is 23.5 Å². The van der Waals surface area contributed by atoms with Crippen molar-refractivity contribution >= 4 is 65.2 Å². The summed E-state index contributed by atoms with van der Waals surface area (Å²) in [4.78, 5) is 140. The molecule has 27 heteroatoms. The number of benzene rings is 2. The van der Waals surface area contributed by atoms with E-state index < -0.39 is 151 Å². The normalized spacial score (nSPS) is 25.0. The third-order valence-electron chi connectivity index (χ3n) is 13.0. The van der Waals surface area contributed by atoms with Gasteiger partial charge in [0.05, 0.1) is 31.4 Å². The van der Waals surface area contributed by atoms with Crippen LogP contribution in [-0.2, 0) is 54.5 Å². The van der Waals surface area contributed by atoms with Crippen molar-refractivity contribution in [1.29, 1.82) is 5.41 Å². The number of ether oxygens (including phenoxy) is 1. The van der Waals surface area contributed by atoms with Crippen LogP contribution in [0, 0.1) is 23.2 Å². The lowest BCUT2D eigenvalue weighted by molar-refractivity contribution is -0.138. The van der Waals surface area contributed by atoms with E-state index in [9.17, 15) is 63.3 Å². The summed E-state index contributed by atoms with van der Waals surface area (Å²) in [6.45, 7) is 10.3. The molecule has 0 spiro atoms. The van der Waals surface area contributed by atoms with E-state index in [1.54, 1.807) is 76.2 Å². The van der Waals surface area contributed by atoms with Gasteiger partial charge in [0.1, 0.15) is 54.9 Å². The molecule has 1 heterocycles. The van der Waals surface area contributed by atoms with Crippen molar-refractivity contribution in [3.8, 4) is 0 Å². The molecule has 442 valence electrons. The number of nitrogens with two attached hydrogens (primary N) is 1. The van der Waals surface area contributed by atoms with Crippen molar-refractivity contribution in [1.82, 2.24) is 58.5 Å². The zero-order valence-corrected chi connectivity index (χ0v) is 46.4. The molecule has 80 heavy (non-hydrogen) atoms. The van der Waals surface area contributed by atoms with Gasteiger partial charge in [-0.2, -0.15) is 0 Å². The lowest BCUT2D eigenvalue weighted by atomic mass is 9.94. The molecule has 27 nitrogen and oxygen atoms in total. The van der Waals surface area contributed by atoms with Gasteiger partial charge in [-0.25, -0.2) is 4.79 Å². The number of rotatable bonds is 16. The van der Waals surface area contributed by atoms with E-state index >= 15 is 0 Å². The number of carbonyl (C=O) groups is 10. The quantitative estimate of drug-likeness (QED) is 0.0467. The lowest BCUT2D eigenvalue weighted by Crippen LogP contribution is -2.64. The molecular weight excluding hydrogens is 1040 g/mol. The van der Waals surface area contributed by atoms with Gasteiger partial charge in [0.2, 0.25) is 53.2 Å². The van der Waals surface area contributed by atoms with Gasteiger partial charge >= 0.3 is 6.09 Å². The largest absolute Gasteiger partial charge is 0.445 e. The average Bonchev–Trinajstić information content (AvgIpc) is 3.41. The zero-order valence-electron chi connectivity index (χ0n) is 46.4. The Bertz CT molecular complexity index is 2430. The van der Waals surface area contributed by atoms with Crippen LogP contribution in [0.1, 0.15) is 98.2 Å². The number of hydrogen-bond acceptors (Lipinski definition) is 15. The Kier molecular flexibility index (Phi) is 27.3. The van der Waals surface area contributed by atoms with Gasteiger partial charge in [-0.05, 0) is 62.0 Å². The fourth-order valence-electron chi connectivity index (χ4n) is 8.16. The monoisotopic (exact) mass is 1120 g/mol. The molecule has 0 aliphatic carbocycles. The van der Waals surface area contributed by atoms with Crippen molar-refractivity contribution in [3.05, 3.63) is 71.8 Å². The van der Waals surface area contributed by atoms with Crippen LogP contribution < -0.4 is 64.2 Å². The predicted molar refractivity (Wildman–Crippen MR) is 291 cm³/mol. The highest BCUT2D eigenvalue weighted by atomic mass is 16.5. The van der Waals surface area contributed by atoms with Gasteiger partial charge < -0.3 is 84.3 Å². The van der Waals surface area contributed by atoms with Gasteiger partial charge in [0.15, 0.2) is 5.96 Å². The number of alkyl carbamates (subject to hydrolysis) is 1. The Labute approximate surface area is 465 Å². The minimum Gasteiger partial charge on any atom is -0.445 e. The highest BCUT2D eigenvalue weighted by molar-refractivity contribution is 5.99. The molecule has 0 aromatic heterocycles. The zero-order chi connectivity index (χ0) is 59.8. The fraction of sp³-hybridized carbons (Fsp3) is 0.566. The molecule has 0 saturated carbocycles. The summed E-state index contributed by atoms with van der Waals surface area (Å²) in [6, 6.07) is 1.51. The van der Waals surface area contributed by atoms with Crippen LogP contribution in [0.15, 0.2) is 60.7 Å².